The number of aliphatic hydroxyl groups is 3. The standard InChI is InChI=1S/C21H18O9/c1-6-4-9-12(7(2)22)16(25)10-5-11(23)14-18(17(28-6)13(9)10)30-20-21(14,27)19(26)15(24)8(3)29-20/h4-5,8,15,19-20,24,26-27H,1-3H3/t8-,15+,19-,20+,21-/m1/s1. The molecule has 9 nitrogen and oxygen atoms in total. The number of hydrogen-bond acceptors (Lipinski definition) is 9. The highest BCUT2D eigenvalue weighted by Crippen LogP contribution is 2.55. The van der Waals surface area contributed by atoms with E-state index in [-0.39, 0.29) is 33.8 Å². The van der Waals surface area contributed by atoms with Crippen LogP contribution in [0, 0.1) is 0 Å². The summed E-state index contributed by atoms with van der Waals surface area (Å²) in [7, 11) is 0. The highest BCUT2D eigenvalue weighted by Gasteiger charge is 2.63. The molecule has 1 aromatic rings. The fourth-order valence-corrected chi connectivity index (χ4v) is 4.57. The van der Waals surface area contributed by atoms with Crippen LogP contribution in [0.5, 0.6) is 11.5 Å². The number of ether oxygens (including phenoxy) is 3. The Morgan fingerprint density at radius 1 is 1.20 bits per heavy atom. The van der Waals surface area contributed by atoms with E-state index in [0.29, 0.717) is 11.3 Å². The fourth-order valence-electron chi connectivity index (χ4n) is 4.57. The molecule has 1 fully saturated rings. The summed E-state index contributed by atoms with van der Waals surface area (Å²) in [6, 6.07) is 0.995. The second-order valence-electron chi connectivity index (χ2n) is 7.91. The molecule has 0 saturated carbocycles. The number of allylic oxidation sites excluding steroid dienone is 4. The Kier molecular flexibility index (Phi) is 3.73. The zero-order valence-corrected chi connectivity index (χ0v) is 16.3. The van der Waals surface area contributed by atoms with Crippen molar-refractivity contribution in [3.05, 3.63) is 50.4 Å². The van der Waals surface area contributed by atoms with Gasteiger partial charge in [-0.15, -0.1) is 0 Å². The molecule has 0 aromatic heterocycles. The molecule has 0 bridgehead atoms. The first-order chi connectivity index (χ1) is 14.1. The lowest BCUT2D eigenvalue weighted by atomic mass is 9.82. The Balaban J connectivity index is 1.87. The first-order valence-corrected chi connectivity index (χ1v) is 9.40. The number of Topliss-reactive ketones (excluding diaryl/α,β-unsaturated/α-hetero) is 2. The van der Waals surface area contributed by atoms with Crippen molar-refractivity contribution in [3.8, 4) is 11.5 Å². The summed E-state index contributed by atoms with van der Waals surface area (Å²) in [5, 5.41) is 32.1. The number of carbonyl (C=O) groups is 2. The molecule has 3 heterocycles. The summed E-state index contributed by atoms with van der Waals surface area (Å²) < 4.78 is 17.0. The van der Waals surface area contributed by atoms with Gasteiger partial charge >= 0.3 is 0 Å². The minimum Gasteiger partial charge on any atom is -0.457 e. The Bertz CT molecular complexity index is 1180. The summed E-state index contributed by atoms with van der Waals surface area (Å²) in [6.45, 7) is 4.34. The van der Waals surface area contributed by atoms with Gasteiger partial charge in [-0.25, -0.2) is 0 Å². The lowest BCUT2D eigenvalue weighted by molar-refractivity contribution is -0.307. The van der Waals surface area contributed by atoms with Gasteiger partial charge in [-0.1, -0.05) is 0 Å². The van der Waals surface area contributed by atoms with Gasteiger partial charge in [0.1, 0.15) is 18.0 Å². The normalized spacial score (nSPS) is 33.3. The molecule has 30 heavy (non-hydrogen) atoms. The third-order valence-electron chi connectivity index (χ3n) is 6.00. The molecule has 3 aliphatic heterocycles. The van der Waals surface area contributed by atoms with Crippen molar-refractivity contribution >= 4 is 17.1 Å². The zero-order chi connectivity index (χ0) is 21.7. The molecule has 1 saturated heterocycles. The van der Waals surface area contributed by atoms with E-state index in [1.54, 1.807) is 6.92 Å². The summed E-state index contributed by atoms with van der Waals surface area (Å²) in [6.07, 6.45) is -4.11. The average molecular weight is 414 g/mol. The molecule has 0 radical (unpaired) electrons. The SMILES string of the molecule is CC(=O)C1=C2C=C(C)Oc3c4c(c(=O)cc(c32)C1=O)[C@]1(O)[C@H](O4)O[C@H](C)[C@H](O)[C@H]1O. The van der Waals surface area contributed by atoms with Crippen LogP contribution >= 0.6 is 0 Å². The molecular weight excluding hydrogens is 396 g/mol. The maximum Gasteiger partial charge on any atom is 0.236 e. The summed E-state index contributed by atoms with van der Waals surface area (Å²) in [4.78, 5) is 38.2. The second-order valence-corrected chi connectivity index (χ2v) is 7.91. The van der Waals surface area contributed by atoms with Gasteiger partial charge in [0.2, 0.25) is 6.29 Å². The van der Waals surface area contributed by atoms with Crippen LogP contribution in [0.4, 0.5) is 0 Å². The van der Waals surface area contributed by atoms with Crippen molar-refractivity contribution < 1.29 is 39.1 Å². The van der Waals surface area contributed by atoms with E-state index >= 15 is 0 Å². The zero-order valence-electron chi connectivity index (χ0n) is 16.3. The monoisotopic (exact) mass is 414 g/mol. The molecule has 5 atom stereocenters. The molecule has 1 aliphatic carbocycles. The number of hydrogen-bond donors (Lipinski definition) is 3. The largest absolute Gasteiger partial charge is 0.457 e. The third-order valence-corrected chi connectivity index (χ3v) is 6.00. The first kappa shape index (κ1) is 19.1. The summed E-state index contributed by atoms with van der Waals surface area (Å²) in [5.41, 5.74) is -3.18. The van der Waals surface area contributed by atoms with Gasteiger partial charge in [0.25, 0.3) is 0 Å². The number of ketones is 2. The molecule has 156 valence electrons. The van der Waals surface area contributed by atoms with Gasteiger partial charge in [0.05, 0.1) is 17.2 Å². The highest BCUT2D eigenvalue weighted by molar-refractivity contribution is 6.36. The molecule has 4 aliphatic rings. The Hall–Kier alpha value is -2.85. The average Bonchev–Trinajstić information content (AvgIpc) is 3.07. The molecule has 0 unspecified atom stereocenters. The van der Waals surface area contributed by atoms with Gasteiger partial charge in [-0.05, 0) is 32.9 Å². The number of rotatable bonds is 1. The van der Waals surface area contributed by atoms with E-state index in [9.17, 15) is 29.7 Å². The van der Waals surface area contributed by atoms with Crippen LogP contribution in [0.25, 0.3) is 5.57 Å². The van der Waals surface area contributed by atoms with Gasteiger partial charge < -0.3 is 29.5 Å². The second kappa shape index (κ2) is 5.86. The minimum atomic E-state index is -2.38. The number of carbonyl (C=O) groups excluding carboxylic acids is 2. The van der Waals surface area contributed by atoms with Crippen molar-refractivity contribution in [1.29, 1.82) is 0 Å². The van der Waals surface area contributed by atoms with E-state index in [1.165, 1.54) is 19.9 Å². The number of fused-ring (bicyclic) bond motifs is 4. The summed E-state index contributed by atoms with van der Waals surface area (Å²) >= 11 is 0. The van der Waals surface area contributed by atoms with Crippen LogP contribution in [0.15, 0.2) is 28.3 Å². The molecule has 0 amide bonds. The predicted molar refractivity (Wildman–Crippen MR) is 99.9 cm³/mol. The van der Waals surface area contributed by atoms with E-state index in [4.69, 9.17) is 14.2 Å². The molecule has 5 rings (SSSR count). The molecular formula is C21H18O9. The molecule has 0 spiro atoms. The Labute approximate surface area is 169 Å². The van der Waals surface area contributed by atoms with Crippen LogP contribution < -0.4 is 14.9 Å². The first-order valence-electron chi connectivity index (χ1n) is 9.40. The van der Waals surface area contributed by atoms with Crippen LogP contribution in [-0.2, 0) is 15.1 Å². The quantitative estimate of drug-likeness (QED) is 0.539. The summed E-state index contributed by atoms with van der Waals surface area (Å²) in [5.74, 6) is -0.984. The van der Waals surface area contributed by atoms with Gasteiger partial charge in [0.15, 0.2) is 34.1 Å². The van der Waals surface area contributed by atoms with E-state index in [1.807, 2.05) is 0 Å². The molecule has 1 aromatic carbocycles. The van der Waals surface area contributed by atoms with E-state index < -0.39 is 47.2 Å². The topological polar surface area (TPSA) is 140 Å². The van der Waals surface area contributed by atoms with Crippen molar-refractivity contribution in [3.63, 3.8) is 0 Å². The number of aliphatic hydroxyl groups excluding tert-OH is 2. The lowest BCUT2D eigenvalue weighted by Crippen LogP contribution is -2.63. The maximum absolute atomic E-state index is 13.1. The van der Waals surface area contributed by atoms with Gasteiger partial charge in [-0.2, -0.15) is 0 Å². The van der Waals surface area contributed by atoms with E-state index in [2.05, 4.69) is 0 Å². The fraction of sp³-hybridized carbons (Fsp3) is 0.381. The Morgan fingerprint density at radius 3 is 2.57 bits per heavy atom. The lowest BCUT2D eigenvalue weighted by Gasteiger charge is -2.42. The maximum atomic E-state index is 13.1. The highest BCUT2D eigenvalue weighted by atomic mass is 16.7. The Morgan fingerprint density at radius 2 is 1.90 bits per heavy atom. The van der Waals surface area contributed by atoms with E-state index in [0.717, 1.165) is 6.07 Å². The third kappa shape index (κ3) is 2.12. The predicted octanol–water partition coefficient (Wildman–Crippen LogP) is -0.0715. The molecule has 9 heteroatoms. The van der Waals surface area contributed by atoms with Crippen molar-refractivity contribution in [2.75, 3.05) is 0 Å². The van der Waals surface area contributed by atoms with Crippen molar-refractivity contribution in [2.24, 2.45) is 0 Å². The van der Waals surface area contributed by atoms with Crippen molar-refractivity contribution in [2.45, 2.75) is 51.0 Å². The van der Waals surface area contributed by atoms with Crippen LogP contribution in [0.3, 0.4) is 0 Å². The van der Waals surface area contributed by atoms with Crippen LogP contribution in [0.2, 0.25) is 0 Å². The minimum absolute atomic E-state index is 0.0255. The van der Waals surface area contributed by atoms with Gasteiger partial charge in [-0.3, -0.25) is 14.4 Å². The van der Waals surface area contributed by atoms with Crippen LogP contribution in [-0.4, -0.2) is 51.5 Å². The van der Waals surface area contributed by atoms with Crippen LogP contribution in [0.1, 0.15) is 42.3 Å². The van der Waals surface area contributed by atoms with Gasteiger partial charge in [0, 0.05) is 16.7 Å². The smallest absolute Gasteiger partial charge is 0.236 e. The molecule has 3 N–H and O–H groups in total. The van der Waals surface area contributed by atoms with Crippen molar-refractivity contribution in [1.82, 2.24) is 0 Å².